The lowest BCUT2D eigenvalue weighted by Gasteiger charge is -2.37. The van der Waals surface area contributed by atoms with E-state index in [0.717, 1.165) is 11.3 Å². The Bertz CT molecular complexity index is 1480. The number of nitrogens with one attached hydrogen (secondary N) is 2. The molecule has 0 aliphatic heterocycles. The molecule has 4 aromatic rings. The standard InChI is InChI=1S/C29H38N6O5Si/c1-19(18-39-41(6,7)29(2,3)4)32-26-25-23(40-22-12-13-24(31-16-22)33-28(36)37)14-15-30-27(25)35(34-26)17-20-8-10-21(38-5)11-9-20/h8-16,19H,17-18H2,1-7H3,(H,31,33)(H,32,34)(H,36,37)/t19-/m1/s1. The molecule has 1 amide bonds. The first kappa shape index (κ1) is 29.8. The molecule has 4 rings (SSSR count). The van der Waals surface area contributed by atoms with E-state index in [1.165, 1.54) is 12.3 Å². The first-order chi connectivity index (χ1) is 19.4. The molecular weight excluding hydrogens is 540 g/mol. The van der Waals surface area contributed by atoms with Crippen molar-refractivity contribution in [2.24, 2.45) is 0 Å². The molecule has 3 heterocycles. The number of rotatable bonds is 11. The number of hydrogen-bond donors (Lipinski definition) is 3. The van der Waals surface area contributed by atoms with Gasteiger partial charge in [0.05, 0.1) is 26.5 Å². The van der Waals surface area contributed by atoms with E-state index in [0.29, 0.717) is 41.5 Å². The van der Waals surface area contributed by atoms with Gasteiger partial charge in [-0.2, -0.15) is 5.10 Å². The number of amides is 1. The van der Waals surface area contributed by atoms with Crippen molar-refractivity contribution in [2.75, 3.05) is 24.4 Å². The van der Waals surface area contributed by atoms with Crippen molar-refractivity contribution in [2.45, 2.75) is 58.4 Å². The van der Waals surface area contributed by atoms with Crippen LogP contribution in [0.3, 0.4) is 0 Å². The van der Waals surface area contributed by atoms with E-state index < -0.39 is 14.4 Å². The second-order valence-corrected chi connectivity index (χ2v) is 16.2. The van der Waals surface area contributed by atoms with Gasteiger partial charge in [-0.3, -0.25) is 5.32 Å². The molecule has 12 heteroatoms. The summed E-state index contributed by atoms with van der Waals surface area (Å²) in [7, 11) is -0.291. The zero-order chi connectivity index (χ0) is 29.8. The number of hydrogen-bond acceptors (Lipinski definition) is 8. The fourth-order valence-corrected chi connectivity index (χ4v) is 4.95. The molecule has 3 aromatic heterocycles. The Hall–Kier alpha value is -4.16. The molecule has 0 unspecified atom stereocenters. The number of anilines is 2. The molecule has 0 saturated carbocycles. The summed E-state index contributed by atoms with van der Waals surface area (Å²) in [6, 6.07) is 12.7. The van der Waals surface area contributed by atoms with Crippen LogP contribution in [0.15, 0.2) is 54.9 Å². The lowest BCUT2D eigenvalue weighted by molar-refractivity contribution is 0.209. The van der Waals surface area contributed by atoms with Gasteiger partial charge in [0.1, 0.15) is 28.5 Å². The van der Waals surface area contributed by atoms with Gasteiger partial charge >= 0.3 is 6.09 Å². The van der Waals surface area contributed by atoms with Crippen molar-refractivity contribution in [3.63, 3.8) is 0 Å². The van der Waals surface area contributed by atoms with Gasteiger partial charge in [-0.1, -0.05) is 32.9 Å². The minimum Gasteiger partial charge on any atom is -0.497 e. The maximum atomic E-state index is 10.9. The number of methoxy groups -OCH3 is 1. The largest absolute Gasteiger partial charge is 0.497 e. The van der Waals surface area contributed by atoms with E-state index in [1.807, 2.05) is 28.9 Å². The van der Waals surface area contributed by atoms with Crippen molar-refractivity contribution in [3.8, 4) is 17.2 Å². The second kappa shape index (κ2) is 12.1. The minimum absolute atomic E-state index is 0.0345. The molecule has 218 valence electrons. The summed E-state index contributed by atoms with van der Waals surface area (Å²) in [4.78, 5) is 19.7. The van der Waals surface area contributed by atoms with Crippen molar-refractivity contribution >= 4 is 37.1 Å². The highest BCUT2D eigenvalue weighted by atomic mass is 28.4. The molecule has 41 heavy (non-hydrogen) atoms. The third-order valence-electron chi connectivity index (χ3n) is 7.17. The van der Waals surface area contributed by atoms with Crippen LogP contribution in [-0.2, 0) is 11.0 Å². The molecule has 0 fully saturated rings. The van der Waals surface area contributed by atoms with Crippen LogP contribution in [-0.4, -0.2) is 59.0 Å². The van der Waals surface area contributed by atoms with E-state index in [2.05, 4.69) is 61.4 Å². The molecule has 0 spiro atoms. The number of carbonyl (C=O) groups is 1. The number of carboxylic acid groups (broad SMARTS) is 1. The number of ether oxygens (including phenoxy) is 2. The van der Waals surface area contributed by atoms with Gasteiger partial charge in [-0.15, -0.1) is 0 Å². The van der Waals surface area contributed by atoms with Crippen LogP contribution in [0.2, 0.25) is 18.1 Å². The Morgan fingerprint density at radius 2 is 1.78 bits per heavy atom. The number of fused-ring (bicyclic) bond motifs is 1. The summed E-state index contributed by atoms with van der Waals surface area (Å²) >= 11 is 0. The fraction of sp³-hybridized carbons (Fsp3) is 0.379. The van der Waals surface area contributed by atoms with Crippen LogP contribution < -0.4 is 20.1 Å². The van der Waals surface area contributed by atoms with Gasteiger partial charge in [0.15, 0.2) is 19.8 Å². The van der Waals surface area contributed by atoms with E-state index in [1.54, 1.807) is 25.4 Å². The summed E-state index contributed by atoms with van der Waals surface area (Å²) in [5.74, 6) is 2.59. The number of benzene rings is 1. The van der Waals surface area contributed by atoms with Crippen LogP contribution in [0, 0.1) is 0 Å². The van der Waals surface area contributed by atoms with Gasteiger partial charge in [-0.05, 0) is 54.9 Å². The van der Waals surface area contributed by atoms with Gasteiger partial charge in [0.2, 0.25) is 0 Å². The highest BCUT2D eigenvalue weighted by Gasteiger charge is 2.37. The summed E-state index contributed by atoms with van der Waals surface area (Å²) in [5, 5.41) is 20.4. The van der Waals surface area contributed by atoms with Crippen LogP contribution in [0.4, 0.5) is 16.4 Å². The SMILES string of the molecule is COc1ccc(Cn2nc(N[C@H](C)CO[Si](C)(C)C(C)(C)C)c3c(Oc4ccc(NC(=O)O)nc4)ccnc32)cc1. The predicted molar refractivity (Wildman–Crippen MR) is 162 cm³/mol. The van der Waals surface area contributed by atoms with Gasteiger partial charge in [0, 0.05) is 18.3 Å². The van der Waals surface area contributed by atoms with Gasteiger partial charge < -0.3 is 24.3 Å². The predicted octanol–water partition coefficient (Wildman–Crippen LogP) is 6.59. The Balaban J connectivity index is 1.66. The molecule has 3 N–H and O–H groups in total. The summed E-state index contributed by atoms with van der Waals surface area (Å²) < 4.78 is 19.8. The van der Waals surface area contributed by atoms with E-state index >= 15 is 0 Å². The summed E-state index contributed by atoms with van der Waals surface area (Å²) in [5.41, 5.74) is 1.69. The maximum Gasteiger partial charge on any atom is 0.410 e. The van der Waals surface area contributed by atoms with Crippen molar-refractivity contribution < 1.29 is 23.8 Å². The lowest BCUT2D eigenvalue weighted by atomic mass is 10.2. The Kier molecular flexibility index (Phi) is 8.83. The number of aromatic nitrogens is 4. The third-order valence-corrected chi connectivity index (χ3v) is 11.7. The Labute approximate surface area is 241 Å². The van der Waals surface area contributed by atoms with Crippen LogP contribution >= 0.6 is 0 Å². The maximum absolute atomic E-state index is 10.9. The third kappa shape index (κ3) is 7.33. The average molecular weight is 579 g/mol. The van der Waals surface area contributed by atoms with E-state index in [-0.39, 0.29) is 16.9 Å². The molecule has 0 aliphatic carbocycles. The first-order valence-electron chi connectivity index (χ1n) is 13.4. The van der Waals surface area contributed by atoms with E-state index in [4.69, 9.17) is 24.1 Å². The fourth-order valence-electron chi connectivity index (χ4n) is 3.85. The van der Waals surface area contributed by atoms with Crippen molar-refractivity contribution in [1.29, 1.82) is 0 Å². The Morgan fingerprint density at radius 1 is 1.07 bits per heavy atom. The first-order valence-corrected chi connectivity index (χ1v) is 16.3. The molecule has 0 radical (unpaired) electrons. The topological polar surface area (TPSA) is 133 Å². The lowest BCUT2D eigenvalue weighted by Crippen LogP contribution is -2.43. The normalized spacial score (nSPS) is 12.7. The van der Waals surface area contributed by atoms with Crippen molar-refractivity contribution in [3.05, 3.63) is 60.4 Å². The highest BCUT2D eigenvalue weighted by Crippen LogP contribution is 2.37. The van der Waals surface area contributed by atoms with Gasteiger partial charge in [-0.25, -0.2) is 19.4 Å². The average Bonchev–Trinajstić information content (AvgIpc) is 3.25. The van der Waals surface area contributed by atoms with E-state index in [9.17, 15) is 4.79 Å². The van der Waals surface area contributed by atoms with Crippen LogP contribution in [0.25, 0.3) is 11.0 Å². The summed E-state index contributed by atoms with van der Waals surface area (Å²) in [6.07, 6.45) is 1.95. The van der Waals surface area contributed by atoms with Crippen LogP contribution in [0.5, 0.6) is 17.2 Å². The molecule has 1 atom stereocenters. The smallest absolute Gasteiger partial charge is 0.410 e. The number of nitrogens with zero attached hydrogens (tertiary/aromatic N) is 4. The molecule has 11 nitrogen and oxygen atoms in total. The quantitative estimate of drug-likeness (QED) is 0.169. The molecular formula is C29H38N6O5Si. The molecule has 0 aliphatic rings. The summed E-state index contributed by atoms with van der Waals surface area (Å²) in [6.45, 7) is 14.2. The number of pyridine rings is 2. The minimum atomic E-state index is -1.93. The molecule has 0 saturated heterocycles. The van der Waals surface area contributed by atoms with Crippen molar-refractivity contribution in [1.82, 2.24) is 19.7 Å². The zero-order valence-electron chi connectivity index (χ0n) is 24.6. The molecule has 0 bridgehead atoms. The second-order valence-electron chi connectivity index (χ2n) is 11.4. The Morgan fingerprint density at radius 3 is 2.39 bits per heavy atom. The zero-order valence-corrected chi connectivity index (χ0v) is 25.6. The highest BCUT2D eigenvalue weighted by molar-refractivity contribution is 6.74. The molecule has 1 aromatic carbocycles. The van der Waals surface area contributed by atoms with Crippen LogP contribution in [0.1, 0.15) is 33.3 Å². The van der Waals surface area contributed by atoms with Gasteiger partial charge in [0.25, 0.3) is 0 Å². The monoisotopic (exact) mass is 578 g/mol.